The summed E-state index contributed by atoms with van der Waals surface area (Å²) in [6.45, 7) is 0.419. The van der Waals surface area contributed by atoms with Crippen molar-refractivity contribution in [3.05, 3.63) is 102 Å². The molecule has 0 saturated carbocycles. The highest BCUT2D eigenvalue weighted by atomic mass is 19.4. The van der Waals surface area contributed by atoms with Crippen LogP contribution in [0.15, 0.2) is 84.9 Å². The van der Waals surface area contributed by atoms with Gasteiger partial charge in [-0.15, -0.1) is 13.2 Å². The van der Waals surface area contributed by atoms with Crippen molar-refractivity contribution in [1.82, 2.24) is 5.32 Å². The third-order valence-corrected chi connectivity index (χ3v) is 4.43. The number of hydrogen-bond donors (Lipinski definition) is 1. The number of benzene rings is 3. The van der Waals surface area contributed by atoms with Crippen molar-refractivity contribution in [2.75, 3.05) is 6.54 Å². The van der Waals surface area contributed by atoms with Crippen molar-refractivity contribution in [2.24, 2.45) is 0 Å². The fourth-order valence-corrected chi connectivity index (χ4v) is 3.07. The van der Waals surface area contributed by atoms with Gasteiger partial charge in [-0.05, 0) is 28.8 Å². The Bertz CT molecular complexity index is 871. The molecule has 0 bridgehead atoms. The van der Waals surface area contributed by atoms with Crippen LogP contribution in [-0.4, -0.2) is 18.8 Å². The number of hydrogen-bond acceptors (Lipinski definition) is 2. The summed E-state index contributed by atoms with van der Waals surface area (Å²) < 4.78 is 40.5. The molecule has 0 radical (unpaired) electrons. The van der Waals surface area contributed by atoms with Crippen molar-refractivity contribution >= 4 is 5.91 Å². The average molecular weight is 399 g/mol. The zero-order valence-corrected chi connectivity index (χ0v) is 15.5. The smallest absolute Gasteiger partial charge is 0.406 e. The lowest BCUT2D eigenvalue weighted by Crippen LogP contribution is -2.30. The monoisotopic (exact) mass is 399 g/mol. The molecule has 3 rings (SSSR count). The number of nitrogens with one attached hydrogen (secondary N) is 1. The van der Waals surface area contributed by atoms with Crippen LogP contribution in [0.3, 0.4) is 0 Å². The lowest BCUT2D eigenvalue weighted by molar-refractivity contribution is -0.274. The van der Waals surface area contributed by atoms with Crippen LogP contribution in [0.25, 0.3) is 0 Å². The lowest BCUT2D eigenvalue weighted by atomic mass is 9.91. The van der Waals surface area contributed by atoms with E-state index in [1.807, 2.05) is 60.7 Å². The molecule has 0 aliphatic rings. The molecule has 0 aliphatic carbocycles. The molecule has 0 atom stereocenters. The Kier molecular flexibility index (Phi) is 6.54. The maximum Gasteiger partial charge on any atom is 0.573 e. The van der Waals surface area contributed by atoms with Gasteiger partial charge in [0, 0.05) is 12.5 Å². The SMILES string of the molecule is O=C(Cc1ccc(OC(F)(F)F)cc1)NCC(c1ccccc1)c1ccccc1. The van der Waals surface area contributed by atoms with E-state index in [0.29, 0.717) is 12.1 Å². The Morgan fingerprint density at radius 3 is 1.83 bits per heavy atom. The largest absolute Gasteiger partial charge is 0.573 e. The predicted molar refractivity (Wildman–Crippen MR) is 105 cm³/mol. The minimum absolute atomic E-state index is 0.00362. The molecular weight excluding hydrogens is 379 g/mol. The number of rotatable bonds is 7. The Hall–Kier alpha value is -3.28. The van der Waals surface area contributed by atoms with Crippen molar-refractivity contribution in [1.29, 1.82) is 0 Å². The van der Waals surface area contributed by atoms with E-state index in [2.05, 4.69) is 10.1 Å². The molecular formula is C23H20F3NO2. The summed E-state index contributed by atoms with van der Waals surface area (Å²) in [5.74, 6) is -0.509. The minimum atomic E-state index is -4.73. The van der Waals surface area contributed by atoms with Gasteiger partial charge in [0.1, 0.15) is 5.75 Å². The molecule has 150 valence electrons. The van der Waals surface area contributed by atoms with Gasteiger partial charge in [0.05, 0.1) is 6.42 Å². The summed E-state index contributed by atoms with van der Waals surface area (Å²) in [5, 5.41) is 2.93. The van der Waals surface area contributed by atoms with E-state index < -0.39 is 6.36 Å². The van der Waals surface area contributed by atoms with E-state index in [4.69, 9.17) is 0 Å². The molecule has 0 spiro atoms. The standard InChI is InChI=1S/C23H20F3NO2/c24-23(25,26)29-20-13-11-17(12-14-20)15-22(28)27-16-21(18-7-3-1-4-8-18)19-9-5-2-6-10-19/h1-14,21H,15-16H2,(H,27,28). The van der Waals surface area contributed by atoms with Gasteiger partial charge >= 0.3 is 6.36 Å². The lowest BCUT2D eigenvalue weighted by Gasteiger charge is -2.19. The highest BCUT2D eigenvalue weighted by molar-refractivity contribution is 5.78. The summed E-state index contributed by atoms with van der Waals surface area (Å²) in [6, 6.07) is 25.1. The van der Waals surface area contributed by atoms with Crippen molar-refractivity contribution in [3.8, 4) is 5.75 Å². The molecule has 3 aromatic rings. The van der Waals surface area contributed by atoms with Crippen molar-refractivity contribution in [3.63, 3.8) is 0 Å². The molecule has 0 aromatic heterocycles. The van der Waals surface area contributed by atoms with E-state index >= 15 is 0 Å². The first-order chi connectivity index (χ1) is 13.9. The first kappa shape index (κ1) is 20.5. The van der Waals surface area contributed by atoms with Crippen LogP contribution in [0.2, 0.25) is 0 Å². The van der Waals surface area contributed by atoms with Gasteiger partial charge in [-0.2, -0.15) is 0 Å². The van der Waals surface area contributed by atoms with E-state index in [1.165, 1.54) is 24.3 Å². The van der Waals surface area contributed by atoms with E-state index in [1.54, 1.807) is 0 Å². The molecule has 29 heavy (non-hydrogen) atoms. The normalized spacial score (nSPS) is 11.3. The molecule has 0 fully saturated rings. The average Bonchev–Trinajstić information content (AvgIpc) is 2.70. The first-order valence-electron chi connectivity index (χ1n) is 9.12. The molecule has 0 saturated heterocycles. The summed E-state index contributed by atoms with van der Waals surface area (Å²) in [6.07, 6.45) is -4.66. The molecule has 6 heteroatoms. The number of halogens is 3. The first-order valence-corrected chi connectivity index (χ1v) is 9.12. The maximum atomic E-state index is 12.4. The third kappa shape index (κ3) is 6.38. The van der Waals surface area contributed by atoms with Gasteiger partial charge in [0.25, 0.3) is 0 Å². The van der Waals surface area contributed by atoms with Crippen LogP contribution in [0, 0.1) is 0 Å². The van der Waals surface area contributed by atoms with Crippen LogP contribution in [-0.2, 0) is 11.2 Å². The van der Waals surface area contributed by atoms with Gasteiger partial charge in [-0.3, -0.25) is 4.79 Å². The van der Waals surface area contributed by atoms with Gasteiger partial charge < -0.3 is 10.1 Å². The Labute approximate surface area is 167 Å². The third-order valence-electron chi connectivity index (χ3n) is 4.43. The summed E-state index contributed by atoms with van der Waals surface area (Å²) in [4.78, 5) is 12.4. The van der Waals surface area contributed by atoms with Gasteiger partial charge in [0.15, 0.2) is 0 Å². The van der Waals surface area contributed by atoms with Gasteiger partial charge in [-0.25, -0.2) is 0 Å². The number of amides is 1. The summed E-state index contributed by atoms with van der Waals surface area (Å²) >= 11 is 0. The molecule has 0 unspecified atom stereocenters. The topological polar surface area (TPSA) is 38.3 Å². The second kappa shape index (κ2) is 9.28. The van der Waals surface area contributed by atoms with Crippen LogP contribution in [0.5, 0.6) is 5.75 Å². The van der Waals surface area contributed by atoms with Crippen LogP contribution >= 0.6 is 0 Å². The molecule has 3 nitrogen and oxygen atoms in total. The van der Waals surface area contributed by atoms with E-state index in [0.717, 1.165) is 11.1 Å². The molecule has 1 N–H and O–H groups in total. The number of carbonyl (C=O) groups is 1. The van der Waals surface area contributed by atoms with Gasteiger partial charge in [-0.1, -0.05) is 72.8 Å². The number of alkyl halides is 3. The quantitative estimate of drug-likeness (QED) is 0.602. The van der Waals surface area contributed by atoms with Crippen molar-refractivity contribution in [2.45, 2.75) is 18.7 Å². The second-order valence-electron chi connectivity index (χ2n) is 6.55. The minimum Gasteiger partial charge on any atom is -0.406 e. The Morgan fingerprint density at radius 2 is 1.34 bits per heavy atom. The highest BCUT2D eigenvalue weighted by Gasteiger charge is 2.30. The number of carbonyl (C=O) groups excluding carboxylic acids is 1. The maximum absolute atomic E-state index is 12.4. The van der Waals surface area contributed by atoms with E-state index in [9.17, 15) is 18.0 Å². The summed E-state index contributed by atoms with van der Waals surface area (Å²) in [5.41, 5.74) is 2.79. The predicted octanol–water partition coefficient (Wildman–Crippen LogP) is 5.08. The highest BCUT2D eigenvalue weighted by Crippen LogP contribution is 2.24. The van der Waals surface area contributed by atoms with Crippen LogP contribution in [0.4, 0.5) is 13.2 Å². The zero-order chi connectivity index (χ0) is 20.7. The Morgan fingerprint density at radius 1 is 0.828 bits per heavy atom. The second-order valence-corrected chi connectivity index (χ2v) is 6.55. The zero-order valence-electron chi connectivity index (χ0n) is 15.5. The number of ether oxygens (including phenoxy) is 1. The van der Waals surface area contributed by atoms with Crippen LogP contribution < -0.4 is 10.1 Å². The fraction of sp³-hybridized carbons (Fsp3) is 0.174. The molecule has 1 amide bonds. The van der Waals surface area contributed by atoms with Gasteiger partial charge in [0.2, 0.25) is 5.91 Å². The Balaban J connectivity index is 1.62. The molecule has 0 heterocycles. The molecule has 0 aliphatic heterocycles. The molecule has 3 aromatic carbocycles. The summed E-state index contributed by atoms with van der Waals surface area (Å²) in [7, 11) is 0. The van der Waals surface area contributed by atoms with Crippen LogP contribution in [0.1, 0.15) is 22.6 Å². The van der Waals surface area contributed by atoms with E-state index in [-0.39, 0.29) is 24.0 Å². The van der Waals surface area contributed by atoms with Crippen molar-refractivity contribution < 1.29 is 22.7 Å². The fourth-order valence-electron chi connectivity index (χ4n) is 3.07.